The Balaban J connectivity index is 2.48. The first-order valence-electron chi connectivity index (χ1n) is 6.86. The van der Waals surface area contributed by atoms with Crippen molar-refractivity contribution in [2.45, 2.75) is 19.8 Å². The van der Waals surface area contributed by atoms with E-state index < -0.39 is 0 Å². The molecule has 0 spiro atoms. The minimum absolute atomic E-state index is 0.105. The van der Waals surface area contributed by atoms with Crippen molar-refractivity contribution < 1.29 is 19.1 Å². The fourth-order valence-corrected chi connectivity index (χ4v) is 1.66. The van der Waals surface area contributed by atoms with Crippen molar-refractivity contribution in [2.75, 3.05) is 27.4 Å². The van der Waals surface area contributed by atoms with Crippen molar-refractivity contribution in [2.24, 2.45) is 5.16 Å². The minimum atomic E-state index is -0.182. The van der Waals surface area contributed by atoms with Gasteiger partial charge in [-0.05, 0) is 18.6 Å². The topological polar surface area (TPSA) is 69.2 Å². The molecular formula is C15H22N2O4. The largest absolute Gasteiger partial charge is 0.493 e. The molecule has 1 amide bonds. The van der Waals surface area contributed by atoms with Gasteiger partial charge >= 0.3 is 0 Å². The van der Waals surface area contributed by atoms with Crippen LogP contribution in [0.5, 0.6) is 11.5 Å². The van der Waals surface area contributed by atoms with Crippen LogP contribution in [0.25, 0.3) is 0 Å². The van der Waals surface area contributed by atoms with E-state index in [1.807, 2.05) is 12.1 Å². The summed E-state index contributed by atoms with van der Waals surface area (Å²) in [4.78, 5) is 16.4. The third-order valence-corrected chi connectivity index (χ3v) is 2.75. The Morgan fingerprint density at radius 2 is 2.14 bits per heavy atom. The van der Waals surface area contributed by atoms with Gasteiger partial charge in [-0.2, -0.15) is 0 Å². The molecule has 1 N–H and O–H groups in total. The molecule has 0 unspecified atom stereocenters. The van der Waals surface area contributed by atoms with Crippen LogP contribution in [0.3, 0.4) is 0 Å². The van der Waals surface area contributed by atoms with E-state index in [2.05, 4.69) is 17.4 Å². The van der Waals surface area contributed by atoms with Gasteiger partial charge in [0.2, 0.25) is 0 Å². The van der Waals surface area contributed by atoms with Gasteiger partial charge in [-0.15, -0.1) is 0 Å². The number of carbonyl (C=O) groups is 1. The molecule has 6 heteroatoms. The van der Waals surface area contributed by atoms with Crippen LogP contribution in [-0.2, 0) is 9.63 Å². The van der Waals surface area contributed by atoms with Crippen molar-refractivity contribution in [3.8, 4) is 11.5 Å². The highest BCUT2D eigenvalue weighted by Gasteiger charge is 2.07. The van der Waals surface area contributed by atoms with Crippen molar-refractivity contribution in [1.82, 2.24) is 5.32 Å². The molecule has 1 rings (SSSR count). The maximum Gasteiger partial charge on any atom is 0.260 e. The lowest BCUT2D eigenvalue weighted by atomic mass is 10.2. The second-order valence-electron chi connectivity index (χ2n) is 4.29. The first kappa shape index (κ1) is 16.8. The fraction of sp³-hybridized carbons (Fsp3) is 0.467. The quantitative estimate of drug-likeness (QED) is 0.429. The Hall–Kier alpha value is -2.24. The van der Waals surface area contributed by atoms with Crippen LogP contribution in [0, 0.1) is 0 Å². The number of hydrogen-bond donors (Lipinski definition) is 1. The molecule has 0 saturated heterocycles. The van der Waals surface area contributed by atoms with E-state index in [0.717, 1.165) is 12.8 Å². The van der Waals surface area contributed by atoms with Crippen molar-refractivity contribution in [3.05, 3.63) is 23.8 Å². The van der Waals surface area contributed by atoms with Gasteiger partial charge in [-0.25, -0.2) is 0 Å². The third-order valence-electron chi connectivity index (χ3n) is 2.75. The molecule has 0 aliphatic rings. The van der Waals surface area contributed by atoms with Gasteiger partial charge in [-0.1, -0.05) is 24.6 Å². The zero-order chi connectivity index (χ0) is 15.5. The van der Waals surface area contributed by atoms with E-state index in [0.29, 0.717) is 23.6 Å². The fourth-order valence-electron chi connectivity index (χ4n) is 1.66. The van der Waals surface area contributed by atoms with E-state index in [1.165, 1.54) is 6.21 Å². The molecule has 0 atom stereocenters. The molecular weight excluding hydrogens is 272 g/mol. The third kappa shape index (κ3) is 5.72. The molecule has 0 aliphatic heterocycles. The van der Waals surface area contributed by atoms with Gasteiger partial charge in [0.05, 0.1) is 20.4 Å². The van der Waals surface area contributed by atoms with Crippen LogP contribution in [0.4, 0.5) is 0 Å². The lowest BCUT2D eigenvalue weighted by molar-refractivity contribution is -0.125. The van der Waals surface area contributed by atoms with Crippen molar-refractivity contribution >= 4 is 12.1 Å². The second kappa shape index (κ2) is 9.63. The number of unbranched alkanes of at least 4 members (excludes halogenated alkanes) is 1. The Bertz CT molecular complexity index is 475. The number of methoxy groups -OCH3 is 2. The SMILES string of the molecule is CCCCNC(=O)CO/N=C\c1cccc(OC)c1OC. The highest BCUT2D eigenvalue weighted by atomic mass is 16.6. The Kier molecular flexibility index (Phi) is 7.71. The number of ether oxygens (including phenoxy) is 2. The number of para-hydroxylation sites is 1. The Labute approximate surface area is 125 Å². The number of hydrogen-bond acceptors (Lipinski definition) is 5. The number of carbonyl (C=O) groups excluding carboxylic acids is 1. The van der Waals surface area contributed by atoms with Crippen molar-refractivity contribution in [1.29, 1.82) is 0 Å². The van der Waals surface area contributed by atoms with Gasteiger partial charge in [0.15, 0.2) is 18.1 Å². The first-order chi connectivity index (χ1) is 10.2. The van der Waals surface area contributed by atoms with Gasteiger partial charge in [0.1, 0.15) is 0 Å². The predicted octanol–water partition coefficient (Wildman–Crippen LogP) is 1.97. The van der Waals surface area contributed by atoms with Crippen LogP contribution < -0.4 is 14.8 Å². The highest BCUT2D eigenvalue weighted by molar-refractivity contribution is 5.84. The molecule has 0 bridgehead atoms. The van der Waals surface area contributed by atoms with Gasteiger partial charge < -0.3 is 19.6 Å². The summed E-state index contributed by atoms with van der Waals surface area (Å²) in [5.41, 5.74) is 0.711. The first-order valence-corrected chi connectivity index (χ1v) is 6.86. The molecule has 0 saturated carbocycles. The van der Waals surface area contributed by atoms with Crippen LogP contribution in [0.15, 0.2) is 23.4 Å². The van der Waals surface area contributed by atoms with Gasteiger partial charge in [0.25, 0.3) is 5.91 Å². The summed E-state index contributed by atoms with van der Waals surface area (Å²) >= 11 is 0. The average molecular weight is 294 g/mol. The molecule has 1 aromatic rings. The molecule has 6 nitrogen and oxygen atoms in total. The van der Waals surface area contributed by atoms with E-state index >= 15 is 0 Å². The number of oxime groups is 1. The Morgan fingerprint density at radius 3 is 2.81 bits per heavy atom. The standard InChI is InChI=1S/C15H22N2O4/c1-4-5-9-16-14(18)11-21-17-10-12-7-6-8-13(19-2)15(12)20-3/h6-8,10H,4-5,9,11H2,1-3H3,(H,16,18)/b17-10-. The summed E-state index contributed by atoms with van der Waals surface area (Å²) in [6.45, 7) is 2.62. The minimum Gasteiger partial charge on any atom is -0.493 e. The summed E-state index contributed by atoms with van der Waals surface area (Å²) < 4.78 is 10.4. The summed E-state index contributed by atoms with van der Waals surface area (Å²) in [5.74, 6) is 0.997. The number of nitrogens with one attached hydrogen (secondary N) is 1. The van der Waals surface area contributed by atoms with Gasteiger partial charge in [0, 0.05) is 12.1 Å². The molecule has 0 aromatic heterocycles. The van der Waals surface area contributed by atoms with E-state index in [1.54, 1.807) is 20.3 Å². The smallest absolute Gasteiger partial charge is 0.260 e. The zero-order valence-electron chi connectivity index (χ0n) is 12.7. The van der Waals surface area contributed by atoms with E-state index in [4.69, 9.17) is 14.3 Å². The monoisotopic (exact) mass is 294 g/mol. The Morgan fingerprint density at radius 1 is 1.33 bits per heavy atom. The lowest BCUT2D eigenvalue weighted by Crippen LogP contribution is -2.27. The van der Waals surface area contributed by atoms with Crippen LogP contribution in [-0.4, -0.2) is 39.5 Å². The maximum absolute atomic E-state index is 11.4. The number of benzene rings is 1. The van der Waals surface area contributed by atoms with E-state index in [-0.39, 0.29) is 12.5 Å². The average Bonchev–Trinajstić information content (AvgIpc) is 2.51. The molecule has 0 heterocycles. The zero-order valence-corrected chi connectivity index (χ0v) is 12.7. The van der Waals surface area contributed by atoms with Crippen molar-refractivity contribution in [3.63, 3.8) is 0 Å². The second-order valence-corrected chi connectivity index (χ2v) is 4.29. The normalized spacial score (nSPS) is 10.4. The maximum atomic E-state index is 11.4. The molecule has 21 heavy (non-hydrogen) atoms. The summed E-state index contributed by atoms with van der Waals surface area (Å²) in [6.07, 6.45) is 3.48. The number of rotatable bonds is 9. The van der Waals surface area contributed by atoms with Crippen LogP contribution >= 0.6 is 0 Å². The molecule has 1 aromatic carbocycles. The summed E-state index contributed by atoms with van der Waals surface area (Å²) in [7, 11) is 3.12. The summed E-state index contributed by atoms with van der Waals surface area (Å²) in [5, 5.41) is 6.51. The van der Waals surface area contributed by atoms with Gasteiger partial charge in [-0.3, -0.25) is 4.79 Å². The van der Waals surface area contributed by atoms with Crippen LogP contribution in [0.1, 0.15) is 25.3 Å². The van der Waals surface area contributed by atoms with Crippen LogP contribution in [0.2, 0.25) is 0 Å². The molecule has 0 radical (unpaired) electrons. The van der Waals surface area contributed by atoms with E-state index in [9.17, 15) is 4.79 Å². The number of nitrogens with zero attached hydrogens (tertiary/aromatic N) is 1. The number of amides is 1. The molecule has 0 fully saturated rings. The highest BCUT2D eigenvalue weighted by Crippen LogP contribution is 2.29. The molecule has 0 aliphatic carbocycles. The molecule has 116 valence electrons. The lowest BCUT2D eigenvalue weighted by Gasteiger charge is -2.09. The summed E-state index contributed by atoms with van der Waals surface area (Å²) in [6, 6.07) is 5.42. The predicted molar refractivity (Wildman–Crippen MR) is 81.0 cm³/mol.